The van der Waals surface area contributed by atoms with Crippen molar-refractivity contribution in [3.05, 3.63) is 66.2 Å². The van der Waals surface area contributed by atoms with Crippen LogP contribution in [0.3, 0.4) is 0 Å². The van der Waals surface area contributed by atoms with Gasteiger partial charge in [0.2, 0.25) is 0 Å². The van der Waals surface area contributed by atoms with Crippen LogP contribution in [0, 0.1) is 5.82 Å². The molecule has 152 valence electrons. The summed E-state index contributed by atoms with van der Waals surface area (Å²) in [6.45, 7) is 0. The van der Waals surface area contributed by atoms with E-state index >= 15 is 0 Å². The Labute approximate surface area is 173 Å². The molecule has 4 aromatic rings. The molecule has 0 spiro atoms. The SMILES string of the molecule is COc1ccccc1-c1c[nH]c2ncc(-c3cc(F)c(N)c(C(=O)N(C)C)c3)cc12. The maximum Gasteiger partial charge on any atom is 0.255 e. The molecule has 0 atom stereocenters. The number of aromatic amines is 1. The van der Waals surface area contributed by atoms with Gasteiger partial charge in [-0.1, -0.05) is 18.2 Å². The zero-order valence-electron chi connectivity index (χ0n) is 16.9. The van der Waals surface area contributed by atoms with Gasteiger partial charge in [-0.25, -0.2) is 9.37 Å². The summed E-state index contributed by atoms with van der Waals surface area (Å²) in [7, 11) is 4.82. The largest absolute Gasteiger partial charge is 0.496 e. The fourth-order valence-corrected chi connectivity index (χ4v) is 3.45. The van der Waals surface area contributed by atoms with Crippen LogP contribution in [-0.2, 0) is 0 Å². The summed E-state index contributed by atoms with van der Waals surface area (Å²) < 4.78 is 20.0. The minimum Gasteiger partial charge on any atom is -0.496 e. The summed E-state index contributed by atoms with van der Waals surface area (Å²) in [6, 6.07) is 12.5. The Bertz CT molecular complexity index is 1260. The lowest BCUT2D eigenvalue weighted by Crippen LogP contribution is -2.23. The van der Waals surface area contributed by atoms with Crippen LogP contribution < -0.4 is 10.5 Å². The van der Waals surface area contributed by atoms with Gasteiger partial charge in [-0.15, -0.1) is 0 Å². The normalized spacial score (nSPS) is 10.9. The fraction of sp³-hybridized carbons (Fsp3) is 0.130. The second-order valence-corrected chi connectivity index (χ2v) is 7.14. The van der Waals surface area contributed by atoms with E-state index in [-0.39, 0.29) is 17.2 Å². The number of anilines is 1. The van der Waals surface area contributed by atoms with Gasteiger partial charge in [0.1, 0.15) is 17.2 Å². The molecule has 2 aromatic carbocycles. The molecule has 30 heavy (non-hydrogen) atoms. The first-order valence-electron chi connectivity index (χ1n) is 9.32. The quantitative estimate of drug-likeness (QED) is 0.496. The first kappa shape index (κ1) is 19.4. The molecule has 4 rings (SSSR count). The van der Waals surface area contributed by atoms with E-state index in [1.165, 1.54) is 11.0 Å². The van der Waals surface area contributed by atoms with Crippen molar-refractivity contribution >= 4 is 22.6 Å². The maximum atomic E-state index is 14.5. The van der Waals surface area contributed by atoms with Gasteiger partial charge < -0.3 is 20.4 Å². The van der Waals surface area contributed by atoms with Crippen LogP contribution in [0.4, 0.5) is 10.1 Å². The molecular weight excluding hydrogens is 383 g/mol. The van der Waals surface area contributed by atoms with Gasteiger partial charge in [-0.2, -0.15) is 0 Å². The lowest BCUT2D eigenvalue weighted by atomic mass is 9.99. The molecule has 0 unspecified atom stereocenters. The summed E-state index contributed by atoms with van der Waals surface area (Å²) in [6.07, 6.45) is 3.50. The standard InChI is InChI=1S/C23H21FN4O2/c1-28(2)23(29)17-8-13(10-19(24)21(17)25)14-9-16-18(12-27-22(16)26-11-14)15-6-4-5-7-20(15)30-3/h4-12H,25H2,1-3H3,(H,26,27). The number of pyridine rings is 1. The number of nitrogens with one attached hydrogen (secondary N) is 1. The number of benzene rings is 2. The molecule has 0 aliphatic carbocycles. The summed E-state index contributed by atoms with van der Waals surface area (Å²) in [4.78, 5) is 21.4. The second kappa shape index (κ2) is 7.51. The molecule has 0 aliphatic rings. The van der Waals surface area contributed by atoms with Crippen molar-refractivity contribution in [3.8, 4) is 28.0 Å². The summed E-state index contributed by atoms with van der Waals surface area (Å²) in [5.41, 5.74) is 9.49. The molecule has 2 aromatic heterocycles. The van der Waals surface area contributed by atoms with Crippen LogP contribution in [0.5, 0.6) is 5.75 Å². The van der Waals surface area contributed by atoms with E-state index in [4.69, 9.17) is 10.5 Å². The van der Waals surface area contributed by atoms with E-state index in [0.717, 1.165) is 22.3 Å². The number of carbonyl (C=O) groups excluding carboxylic acids is 1. The van der Waals surface area contributed by atoms with Crippen molar-refractivity contribution in [1.29, 1.82) is 0 Å². The van der Waals surface area contributed by atoms with Crippen molar-refractivity contribution in [2.75, 3.05) is 26.9 Å². The van der Waals surface area contributed by atoms with Crippen LogP contribution in [-0.4, -0.2) is 42.0 Å². The second-order valence-electron chi connectivity index (χ2n) is 7.14. The number of nitrogen functional groups attached to an aromatic ring is 1. The molecule has 6 nitrogen and oxygen atoms in total. The van der Waals surface area contributed by atoms with Crippen molar-refractivity contribution in [2.24, 2.45) is 0 Å². The number of halogens is 1. The van der Waals surface area contributed by atoms with Gasteiger partial charge >= 0.3 is 0 Å². The average molecular weight is 404 g/mol. The van der Waals surface area contributed by atoms with E-state index < -0.39 is 5.82 Å². The highest BCUT2D eigenvalue weighted by atomic mass is 19.1. The van der Waals surface area contributed by atoms with Crippen LogP contribution in [0.2, 0.25) is 0 Å². The number of nitrogens with two attached hydrogens (primary N) is 1. The summed E-state index contributed by atoms with van der Waals surface area (Å²) in [5.74, 6) is -0.267. The molecule has 0 saturated carbocycles. The third kappa shape index (κ3) is 3.24. The van der Waals surface area contributed by atoms with Gasteiger partial charge in [0.25, 0.3) is 5.91 Å². The third-order valence-corrected chi connectivity index (χ3v) is 5.03. The van der Waals surface area contributed by atoms with Crippen molar-refractivity contribution in [2.45, 2.75) is 0 Å². The molecular formula is C23H21FN4O2. The van der Waals surface area contributed by atoms with Crippen molar-refractivity contribution in [1.82, 2.24) is 14.9 Å². The molecule has 1 amide bonds. The van der Waals surface area contributed by atoms with Gasteiger partial charge in [0.05, 0.1) is 18.4 Å². The number of H-pyrrole nitrogens is 1. The van der Waals surface area contributed by atoms with Gasteiger partial charge in [0, 0.05) is 48.6 Å². The van der Waals surface area contributed by atoms with E-state index in [1.54, 1.807) is 33.5 Å². The highest BCUT2D eigenvalue weighted by Gasteiger charge is 2.18. The van der Waals surface area contributed by atoms with Gasteiger partial charge in [0.15, 0.2) is 0 Å². The monoisotopic (exact) mass is 404 g/mol. The van der Waals surface area contributed by atoms with E-state index in [1.807, 2.05) is 36.5 Å². The maximum absolute atomic E-state index is 14.5. The molecule has 0 aliphatic heterocycles. The Morgan fingerprint density at radius 3 is 2.63 bits per heavy atom. The predicted molar refractivity (Wildman–Crippen MR) is 116 cm³/mol. The Morgan fingerprint density at radius 1 is 1.13 bits per heavy atom. The number of aromatic nitrogens is 2. The van der Waals surface area contributed by atoms with Crippen LogP contribution in [0.25, 0.3) is 33.3 Å². The van der Waals surface area contributed by atoms with Crippen LogP contribution >= 0.6 is 0 Å². The number of ether oxygens (including phenoxy) is 1. The minimum absolute atomic E-state index is 0.120. The smallest absolute Gasteiger partial charge is 0.255 e. The summed E-state index contributed by atoms with van der Waals surface area (Å²) in [5, 5.41) is 0.856. The average Bonchev–Trinajstić information content (AvgIpc) is 3.18. The molecule has 3 N–H and O–H groups in total. The molecule has 7 heteroatoms. The molecule has 2 heterocycles. The number of hydrogen-bond acceptors (Lipinski definition) is 4. The summed E-state index contributed by atoms with van der Waals surface area (Å²) >= 11 is 0. The Kier molecular flexibility index (Phi) is 4.87. The minimum atomic E-state index is -0.642. The number of amides is 1. The Hall–Kier alpha value is -3.87. The van der Waals surface area contributed by atoms with E-state index in [0.29, 0.717) is 16.8 Å². The number of rotatable bonds is 4. The van der Waals surface area contributed by atoms with Gasteiger partial charge in [-0.05, 0) is 29.8 Å². The first-order chi connectivity index (χ1) is 14.4. The number of para-hydroxylation sites is 1. The van der Waals surface area contributed by atoms with Crippen LogP contribution in [0.15, 0.2) is 54.9 Å². The number of nitrogens with zero attached hydrogens (tertiary/aromatic N) is 2. The predicted octanol–water partition coefficient (Wildman–Crippen LogP) is 4.33. The highest BCUT2D eigenvalue weighted by Crippen LogP contribution is 2.36. The molecule has 0 fully saturated rings. The van der Waals surface area contributed by atoms with E-state index in [2.05, 4.69) is 9.97 Å². The van der Waals surface area contributed by atoms with Crippen LogP contribution in [0.1, 0.15) is 10.4 Å². The van der Waals surface area contributed by atoms with E-state index in [9.17, 15) is 9.18 Å². The zero-order chi connectivity index (χ0) is 21.4. The van der Waals surface area contributed by atoms with Crippen molar-refractivity contribution in [3.63, 3.8) is 0 Å². The molecule has 0 radical (unpaired) electrons. The number of fused-ring (bicyclic) bond motifs is 1. The lowest BCUT2D eigenvalue weighted by Gasteiger charge is -2.14. The molecule has 0 saturated heterocycles. The zero-order valence-corrected chi connectivity index (χ0v) is 16.9. The number of methoxy groups -OCH3 is 1. The highest BCUT2D eigenvalue weighted by molar-refractivity contribution is 6.01. The number of hydrogen-bond donors (Lipinski definition) is 2. The fourth-order valence-electron chi connectivity index (χ4n) is 3.45. The van der Waals surface area contributed by atoms with Gasteiger partial charge in [-0.3, -0.25) is 4.79 Å². The van der Waals surface area contributed by atoms with Crippen molar-refractivity contribution < 1.29 is 13.9 Å². The number of carbonyl (C=O) groups is 1. The first-order valence-corrected chi connectivity index (χ1v) is 9.32. The molecule has 0 bridgehead atoms. The topological polar surface area (TPSA) is 84.2 Å². The third-order valence-electron chi connectivity index (χ3n) is 5.03. The Balaban J connectivity index is 1.88. The lowest BCUT2D eigenvalue weighted by molar-refractivity contribution is 0.0828. The Morgan fingerprint density at radius 2 is 1.90 bits per heavy atom.